The first-order chi connectivity index (χ1) is 11.8. The molecule has 0 atom stereocenters. The second-order valence-corrected chi connectivity index (χ2v) is 6.67. The van der Waals surface area contributed by atoms with Crippen LogP contribution in [0.25, 0.3) is 0 Å². The van der Waals surface area contributed by atoms with Gasteiger partial charge in [-0.3, -0.25) is 0 Å². The number of rotatable bonds is 7. The standard InChI is InChI=1S/C21H28N2O/c1-22-14-16-23(17-15-22)13-5-6-19-9-11-20(12-10-19)18-24-21-7-3-2-4-8-21/h2-4,7-12H,5-6,13-18H2,1H3. The van der Waals surface area contributed by atoms with E-state index in [4.69, 9.17) is 4.74 Å². The van der Waals surface area contributed by atoms with Crippen LogP contribution in [0.3, 0.4) is 0 Å². The third-order valence-electron chi connectivity index (χ3n) is 4.71. The summed E-state index contributed by atoms with van der Waals surface area (Å²) in [4.78, 5) is 4.99. The molecular formula is C21H28N2O. The maximum absolute atomic E-state index is 5.79. The number of piperazine rings is 1. The topological polar surface area (TPSA) is 15.7 Å². The van der Waals surface area contributed by atoms with E-state index < -0.39 is 0 Å². The van der Waals surface area contributed by atoms with Gasteiger partial charge in [-0.15, -0.1) is 0 Å². The summed E-state index contributed by atoms with van der Waals surface area (Å²) in [5, 5.41) is 0. The van der Waals surface area contributed by atoms with Crippen LogP contribution in [-0.2, 0) is 13.0 Å². The molecule has 2 aromatic carbocycles. The van der Waals surface area contributed by atoms with Crippen LogP contribution >= 0.6 is 0 Å². The van der Waals surface area contributed by atoms with Crippen molar-refractivity contribution >= 4 is 0 Å². The Hall–Kier alpha value is -1.84. The molecule has 0 N–H and O–H groups in total. The van der Waals surface area contributed by atoms with E-state index in [9.17, 15) is 0 Å². The molecule has 128 valence electrons. The lowest BCUT2D eigenvalue weighted by atomic mass is 10.1. The van der Waals surface area contributed by atoms with Crippen molar-refractivity contribution in [3.05, 3.63) is 65.7 Å². The number of hydrogen-bond donors (Lipinski definition) is 0. The van der Waals surface area contributed by atoms with E-state index in [0.29, 0.717) is 6.61 Å². The maximum atomic E-state index is 5.79. The summed E-state index contributed by atoms with van der Waals surface area (Å²) >= 11 is 0. The van der Waals surface area contributed by atoms with Crippen LogP contribution in [-0.4, -0.2) is 49.6 Å². The first kappa shape index (κ1) is 17.0. The molecule has 1 heterocycles. The number of ether oxygens (including phenoxy) is 1. The lowest BCUT2D eigenvalue weighted by molar-refractivity contribution is 0.153. The molecule has 0 unspecified atom stereocenters. The molecule has 3 heteroatoms. The summed E-state index contributed by atoms with van der Waals surface area (Å²) in [7, 11) is 2.21. The minimum Gasteiger partial charge on any atom is -0.489 e. The van der Waals surface area contributed by atoms with Crippen molar-refractivity contribution in [1.82, 2.24) is 9.80 Å². The van der Waals surface area contributed by atoms with Crippen LogP contribution in [0.1, 0.15) is 17.5 Å². The third-order valence-corrected chi connectivity index (χ3v) is 4.71. The zero-order valence-corrected chi connectivity index (χ0v) is 14.7. The average Bonchev–Trinajstić information content (AvgIpc) is 2.64. The normalized spacial score (nSPS) is 16.2. The lowest BCUT2D eigenvalue weighted by Crippen LogP contribution is -2.44. The van der Waals surface area contributed by atoms with E-state index in [2.05, 4.69) is 41.1 Å². The Labute approximate surface area is 145 Å². The molecule has 1 fully saturated rings. The van der Waals surface area contributed by atoms with Gasteiger partial charge in [0, 0.05) is 26.2 Å². The fourth-order valence-electron chi connectivity index (χ4n) is 3.06. The van der Waals surface area contributed by atoms with E-state index in [1.165, 1.54) is 50.3 Å². The molecule has 0 spiro atoms. The van der Waals surface area contributed by atoms with Gasteiger partial charge in [0.25, 0.3) is 0 Å². The van der Waals surface area contributed by atoms with E-state index in [-0.39, 0.29) is 0 Å². The number of benzene rings is 2. The van der Waals surface area contributed by atoms with Crippen LogP contribution in [0, 0.1) is 0 Å². The Morgan fingerprint density at radius 1 is 0.833 bits per heavy atom. The highest BCUT2D eigenvalue weighted by molar-refractivity contribution is 5.24. The molecule has 0 saturated carbocycles. The first-order valence-electron chi connectivity index (χ1n) is 8.96. The highest BCUT2D eigenvalue weighted by atomic mass is 16.5. The molecule has 3 rings (SSSR count). The zero-order chi connectivity index (χ0) is 16.6. The van der Waals surface area contributed by atoms with Gasteiger partial charge in [-0.25, -0.2) is 0 Å². The minimum atomic E-state index is 0.631. The smallest absolute Gasteiger partial charge is 0.119 e. The molecule has 3 nitrogen and oxygen atoms in total. The van der Waals surface area contributed by atoms with Crippen molar-refractivity contribution in [2.45, 2.75) is 19.4 Å². The summed E-state index contributed by atoms with van der Waals surface area (Å²) in [6.45, 7) is 6.68. The van der Waals surface area contributed by atoms with Crippen LogP contribution in [0.4, 0.5) is 0 Å². The van der Waals surface area contributed by atoms with Gasteiger partial charge in [0.05, 0.1) is 0 Å². The molecule has 0 aliphatic carbocycles. The predicted molar refractivity (Wildman–Crippen MR) is 99.5 cm³/mol. The Bertz CT molecular complexity index is 589. The Kier molecular flexibility index (Phi) is 6.27. The van der Waals surface area contributed by atoms with Gasteiger partial charge in [0.1, 0.15) is 12.4 Å². The van der Waals surface area contributed by atoms with Crippen LogP contribution < -0.4 is 4.74 Å². The molecular weight excluding hydrogens is 296 g/mol. The van der Waals surface area contributed by atoms with Crippen LogP contribution in [0.5, 0.6) is 5.75 Å². The highest BCUT2D eigenvalue weighted by Crippen LogP contribution is 2.13. The monoisotopic (exact) mass is 324 g/mol. The Morgan fingerprint density at radius 2 is 1.50 bits per heavy atom. The molecule has 1 aliphatic heterocycles. The van der Waals surface area contributed by atoms with Crippen molar-refractivity contribution < 1.29 is 4.74 Å². The maximum Gasteiger partial charge on any atom is 0.119 e. The molecule has 0 aromatic heterocycles. The molecule has 2 aromatic rings. The van der Waals surface area contributed by atoms with Gasteiger partial charge in [-0.2, -0.15) is 0 Å². The van der Waals surface area contributed by atoms with Gasteiger partial charge in [-0.1, -0.05) is 42.5 Å². The number of para-hydroxylation sites is 1. The Balaban J connectivity index is 1.38. The first-order valence-corrected chi connectivity index (χ1v) is 8.96. The fourth-order valence-corrected chi connectivity index (χ4v) is 3.06. The molecule has 0 amide bonds. The highest BCUT2D eigenvalue weighted by Gasteiger charge is 2.12. The van der Waals surface area contributed by atoms with Crippen molar-refractivity contribution in [2.24, 2.45) is 0 Å². The third kappa shape index (κ3) is 5.36. The second-order valence-electron chi connectivity index (χ2n) is 6.67. The van der Waals surface area contributed by atoms with Gasteiger partial charge < -0.3 is 14.5 Å². The van der Waals surface area contributed by atoms with Crippen molar-refractivity contribution in [2.75, 3.05) is 39.8 Å². The SMILES string of the molecule is CN1CCN(CCCc2ccc(COc3ccccc3)cc2)CC1. The minimum absolute atomic E-state index is 0.631. The number of likely N-dealkylation sites (N-methyl/N-ethyl adjacent to an activating group) is 1. The van der Waals surface area contributed by atoms with E-state index in [1.807, 2.05) is 30.3 Å². The van der Waals surface area contributed by atoms with Crippen molar-refractivity contribution in [3.8, 4) is 5.75 Å². The van der Waals surface area contributed by atoms with Gasteiger partial charge in [-0.05, 0) is 49.7 Å². The van der Waals surface area contributed by atoms with Crippen LogP contribution in [0.2, 0.25) is 0 Å². The predicted octanol–water partition coefficient (Wildman–Crippen LogP) is 3.45. The molecule has 1 saturated heterocycles. The van der Waals surface area contributed by atoms with Crippen molar-refractivity contribution in [3.63, 3.8) is 0 Å². The second kappa shape index (κ2) is 8.86. The number of hydrogen-bond acceptors (Lipinski definition) is 3. The lowest BCUT2D eigenvalue weighted by Gasteiger charge is -2.32. The summed E-state index contributed by atoms with van der Waals surface area (Å²) in [6.07, 6.45) is 2.40. The van der Waals surface area contributed by atoms with Crippen molar-refractivity contribution in [1.29, 1.82) is 0 Å². The van der Waals surface area contributed by atoms with E-state index in [1.54, 1.807) is 0 Å². The average molecular weight is 324 g/mol. The number of aryl methyl sites for hydroxylation is 1. The zero-order valence-electron chi connectivity index (χ0n) is 14.7. The summed E-state index contributed by atoms with van der Waals surface area (Å²) < 4.78 is 5.79. The summed E-state index contributed by atoms with van der Waals surface area (Å²) in [6, 6.07) is 18.9. The van der Waals surface area contributed by atoms with Gasteiger partial charge in [0.2, 0.25) is 0 Å². The number of nitrogens with zero attached hydrogens (tertiary/aromatic N) is 2. The molecule has 1 aliphatic rings. The summed E-state index contributed by atoms with van der Waals surface area (Å²) in [5.41, 5.74) is 2.65. The van der Waals surface area contributed by atoms with Gasteiger partial charge in [0.15, 0.2) is 0 Å². The quantitative estimate of drug-likeness (QED) is 0.776. The fraction of sp³-hybridized carbons (Fsp3) is 0.429. The van der Waals surface area contributed by atoms with E-state index >= 15 is 0 Å². The molecule has 0 radical (unpaired) electrons. The van der Waals surface area contributed by atoms with E-state index in [0.717, 1.165) is 12.2 Å². The molecule has 24 heavy (non-hydrogen) atoms. The summed E-state index contributed by atoms with van der Waals surface area (Å²) in [5.74, 6) is 0.925. The Morgan fingerprint density at radius 3 is 2.21 bits per heavy atom. The van der Waals surface area contributed by atoms with Crippen LogP contribution in [0.15, 0.2) is 54.6 Å². The molecule has 0 bridgehead atoms. The van der Waals surface area contributed by atoms with Gasteiger partial charge >= 0.3 is 0 Å². The largest absolute Gasteiger partial charge is 0.489 e.